The average Bonchev–Trinajstić information content (AvgIpc) is 2.50. The smallest absolute Gasteiger partial charge is 0.245 e. The predicted octanol–water partition coefficient (Wildman–Crippen LogP) is 3.23. The fraction of sp³-hybridized carbons (Fsp3) is 0.588. The van der Waals surface area contributed by atoms with E-state index < -0.39 is 5.54 Å². The van der Waals surface area contributed by atoms with E-state index in [0.717, 1.165) is 35.2 Å². The van der Waals surface area contributed by atoms with Crippen LogP contribution in [0, 0.1) is 18.3 Å². The van der Waals surface area contributed by atoms with Gasteiger partial charge in [-0.25, -0.2) is 0 Å². The first kappa shape index (κ1) is 16.0. The van der Waals surface area contributed by atoms with E-state index in [0.29, 0.717) is 0 Å². The summed E-state index contributed by atoms with van der Waals surface area (Å²) >= 11 is 3.47. The molecule has 0 bridgehead atoms. The Morgan fingerprint density at radius 3 is 2.86 bits per heavy atom. The minimum Gasteiger partial charge on any atom is -0.377 e. The number of carbonyl (C=O) groups excluding carboxylic acids is 1. The van der Waals surface area contributed by atoms with E-state index >= 15 is 0 Å². The highest BCUT2D eigenvalue weighted by Gasteiger charge is 2.70. The molecule has 1 aromatic rings. The summed E-state index contributed by atoms with van der Waals surface area (Å²) in [4.78, 5) is 12.9. The highest BCUT2D eigenvalue weighted by atomic mass is 79.9. The second-order valence-electron chi connectivity index (χ2n) is 7.05. The summed E-state index contributed by atoms with van der Waals surface area (Å²) < 4.78 is 6.88. The zero-order chi connectivity index (χ0) is 16.1. The number of carbonyl (C=O) groups is 1. The lowest BCUT2D eigenvalue weighted by molar-refractivity contribution is -0.222. The van der Waals surface area contributed by atoms with Crippen molar-refractivity contribution in [1.29, 1.82) is 0 Å². The van der Waals surface area contributed by atoms with Gasteiger partial charge in [0.05, 0.1) is 6.10 Å². The first-order chi connectivity index (χ1) is 10.3. The fourth-order valence-corrected chi connectivity index (χ4v) is 4.24. The number of anilines is 1. The van der Waals surface area contributed by atoms with Crippen LogP contribution < -0.4 is 11.1 Å². The number of hydrogen-bond acceptors (Lipinski definition) is 3. The van der Waals surface area contributed by atoms with E-state index in [1.54, 1.807) is 0 Å². The summed E-state index contributed by atoms with van der Waals surface area (Å²) in [7, 11) is 0. The molecule has 2 fully saturated rings. The summed E-state index contributed by atoms with van der Waals surface area (Å²) in [6, 6.07) is 5.78. The Bertz CT molecular complexity index is 617. The molecule has 3 atom stereocenters. The van der Waals surface area contributed by atoms with Crippen LogP contribution in [-0.2, 0) is 9.53 Å². The van der Waals surface area contributed by atoms with Crippen LogP contribution in [0.5, 0.6) is 0 Å². The summed E-state index contributed by atoms with van der Waals surface area (Å²) in [5.41, 5.74) is 7.23. The standard InChI is InChI=1S/C17H23BrN2O2/c1-10-9-11(6-7-13(10)18)20-15(21)17(19)12-5-4-8-22-14(12)16(17,2)3/h6-7,9,12,14H,4-5,8,19H2,1-3H3,(H,20,21). The van der Waals surface area contributed by atoms with E-state index in [-0.39, 0.29) is 23.3 Å². The molecule has 22 heavy (non-hydrogen) atoms. The number of benzene rings is 1. The molecular formula is C17H23BrN2O2. The highest BCUT2D eigenvalue weighted by molar-refractivity contribution is 9.10. The number of nitrogens with one attached hydrogen (secondary N) is 1. The molecule has 0 radical (unpaired) electrons. The number of hydrogen-bond donors (Lipinski definition) is 2. The van der Waals surface area contributed by atoms with Gasteiger partial charge in [0.15, 0.2) is 0 Å². The maximum absolute atomic E-state index is 12.9. The number of amides is 1. The van der Waals surface area contributed by atoms with Crippen LogP contribution in [0.3, 0.4) is 0 Å². The van der Waals surface area contributed by atoms with E-state index in [2.05, 4.69) is 21.2 Å². The number of nitrogens with two attached hydrogens (primary N) is 1. The normalized spacial score (nSPS) is 32.8. The molecule has 2 aliphatic rings. The first-order valence-corrected chi connectivity index (χ1v) is 8.56. The van der Waals surface area contributed by atoms with Gasteiger partial charge < -0.3 is 15.8 Å². The lowest BCUT2D eigenvalue weighted by Crippen LogP contribution is -2.81. The third kappa shape index (κ3) is 2.14. The Labute approximate surface area is 139 Å². The van der Waals surface area contributed by atoms with Gasteiger partial charge in [-0.15, -0.1) is 0 Å². The lowest BCUT2D eigenvalue weighted by Gasteiger charge is -2.65. The van der Waals surface area contributed by atoms with Crippen LogP contribution in [-0.4, -0.2) is 24.2 Å². The number of ether oxygens (including phenoxy) is 1. The lowest BCUT2D eigenvalue weighted by atomic mass is 9.46. The van der Waals surface area contributed by atoms with Gasteiger partial charge in [-0.05, 0) is 43.5 Å². The van der Waals surface area contributed by atoms with Gasteiger partial charge in [0.1, 0.15) is 5.54 Å². The van der Waals surface area contributed by atoms with E-state index in [4.69, 9.17) is 10.5 Å². The average molecular weight is 367 g/mol. The zero-order valence-electron chi connectivity index (χ0n) is 13.3. The van der Waals surface area contributed by atoms with Crippen LogP contribution >= 0.6 is 15.9 Å². The topological polar surface area (TPSA) is 64.4 Å². The molecule has 1 saturated carbocycles. The maximum atomic E-state index is 12.9. The van der Waals surface area contributed by atoms with Crippen molar-refractivity contribution >= 4 is 27.5 Å². The van der Waals surface area contributed by atoms with E-state index in [1.807, 2.05) is 39.0 Å². The minimum absolute atomic E-state index is 0.0867. The van der Waals surface area contributed by atoms with Gasteiger partial charge in [-0.1, -0.05) is 29.8 Å². The van der Waals surface area contributed by atoms with Crippen LogP contribution in [0.4, 0.5) is 5.69 Å². The van der Waals surface area contributed by atoms with Crippen LogP contribution in [0.25, 0.3) is 0 Å². The van der Waals surface area contributed by atoms with Crippen molar-refractivity contribution < 1.29 is 9.53 Å². The van der Waals surface area contributed by atoms with Crippen LogP contribution in [0.15, 0.2) is 22.7 Å². The molecule has 1 aromatic carbocycles. The van der Waals surface area contributed by atoms with Crippen LogP contribution in [0.1, 0.15) is 32.3 Å². The summed E-state index contributed by atoms with van der Waals surface area (Å²) in [5, 5.41) is 3.00. The molecule has 1 aliphatic carbocycles. The number of halogens is 1. The quantitative estimate of drug-likeness (QED) is 0.844. The molecule has 4 nitrogen and oxygen atoms in total. The van der Waals surface area contributed by atoms with Crippen molar-refractivity contribution in [2.45, 2.75) is 45.3 Å². The molecule has 5 heteroatoms. The first-order valence-electron chi connectivity index (χ1n) is 7.76. The molecule has 0 aromatic heterocycles. The summed E-state index contributed by atoms with van der Waals surface area (Å²) in [5.74, 6) is -0.00114. The van der Waals surface area contributed by atoms with Crippen molar-refractivity contribution in [3.05, 3.63) is 28.2 Å². The fourth-order valence-electron chi connectivity index (χ4n) is 3.99. The molecule has 0 spiro atoms. The Hall–Kier alpha value is -0.910. The summed E-state index contributed by atoms with van der Waals surface area (Å²) in [6.07, 6.45) is 2.02. The van der Waals surface area contributed by atoms with Crippen LogP contribution in [0.2, 0.25) is 0 Å². The van der Waals surface area contributed by atoms with Gasteiger partial charge in [0, 0.05) is 28.1 Å². The third-order valence-corrected chi connectivity index (χ3v) is 6.37. The molecule has 120 valence electrons. The summed E-state index contributed by atoms with van der Waals surface area (Å²) in [6.45, 7) is 6.84. The van der Waals surface area contributed by atoms with Crippen molar-refractivity contribution in [3.63, 3.8) is 0 Å². The van der Waals surface area contributed by atoms with Gasteiger partial charge in [0.2, 0.25) is 5.91 Å². The highest BCUT2D eigenvalue weighted by Crippen LogP contribution is 2.57. The Morgan fingerprint density at radius 1 is 1.45 bits per heavy atom. The number of aryl methyl sites for hydroxylation is 1. The van der Waals surface area contributed by atoms with Crippen molar-refractivity contribution in [2.24, 2.45) is 17.1 Å². The molecule has 3 N–H and O–H groups in total. The van der Waals surface area contributed by atoms with E-state index in [1.165, 1.54) is 0 Å². The molecule has 1 heterocycles. The predicted molar refractivity (Wildman–Crippen MR) is 90.7 cm³/mol. The van der Waals surface area contributed by atoms with Crippen molar-refractivity contribution in [3.8, 4) is 0 Å². The molecule has 3 unspecified atom stereocenters. The molecular weight excluding hydrogens is 344 g/mol. The van der Waals surface area contributed by atoms with Crippen molar-refractivity contribution in [2.75, 3.05) is 11.9 Å². The van der Waals surface area contributed by atoms with Gasteiger partial charge in [-0.2, -0.15) is 0 Å². The number of rotatable bonds is 2. The zero-order valence-corrected chi connectivity index (χ0v) is 14.9. The maximum Gasteiger partial charge on any atom is 0.245 e. The molecule has 1 saturated heterocycles. The van der Waals surface area contributed by atoms with E-state index in [9.17, 15) is 4.79 Å². The third-order valence-electron chi connectivity index (χ3n) is 5.48. The Morgan fingerprint density at radius 2 is 2.18 bits per heavy atom. The monoisotopic (exact) mass is 366 g/mol. The Kier molecular flexibility index (Phi) is 3.86. The van der Waals surface area contributed by atoms with Crippen molar-refractivity contribution in [1.82, 2.24) is 0 Å². The largest absolute Gasteiger partial charge is 0.377 e. The second-order valence-corrected chi connectivity index (χ2v) is 7.90. The van der Waals surface area contributed by atoms with Gasteiger partial charge >= 0.3 is 0 Å². The van der Waals surface area contributed by atoms with Gasteiger partial charge in [-0.3, -0.25) is 4.79 Å². The SMILES string of the molecule is Cc1cc(NC(=O)C2(N)C3CCCOC3C2(C)C)ccc1Br. The molecule has 1 aliphatic heterocycles. The Balaban J connectivity index is 1.83. The second kappa shape index (κ2) is 5.32. The number of fused-ring (bicyclic) bond motifs is 1. The van der Waals surface area contributed by atoms with Gasteiger partial charge in [0.25, 0.3) is 0 Å². The minimum atomic E-state index is -0.876. The molecule has 1 amide bonds. The molecule has 3 rings (SSSR count).